The van der Waals surface area contributed by atoms with Crippen molar-refractivity contribution in [3.05, 3.63) is 36.2 Å². The van der Waals surface area contributed by atoms with E-state index in [0.717, 1.165) is 5.52 Å². The molecule has 72 valence electrons. The molecule has 0 aliphatic heterocycles. The molecule has 0 aromatic carbocycles. The third-order valence-corrected chi connectivity index (χ3v) is 2.12. The lowest BCUT2D eigenvalue weighted by atomic mass is 10.1. The van der Waals surface area contributed by atoms with Gasteiger partial charge in [-0.05, 0) is 25.1 Å². The van der Waals surface area contributed by atoms with Gasteiger partial charge in [0.1, 0.15) is 0 Å². The molecule has 2 rings (SSSR count). The van der Waals surface area contributed by atoms with Crippen LogP contribution in [0.15, 0.2) is 30.6 Å². The van der Waals surface area contributed by atoms with Gasteiger partial charge in [0, 0.05) is 11.8 Å². The predicted molar refractivity (Wildman–Crippen MR) is 53.2 cm³/mol. The van der Waals surface area contributed by atoms with Crippen molar-refractivity contribution in [3.63, 3.8) is 0 Å². The first-order valence-electron chi connectivity index (χ1n) is 4.42. The maximum Gasteiger partial charge on any atom is 0.181 e. The van der Waals surface area contributed by atoms with Crippen molar-refractivity contribution in [3.8, 4) is 0 Å². The standard InChI is InChI=1S/C10H11N3O/c1-7(11)10(14)8-3-2-6-13-9(8)4-5-12-13/h2-7H,11H2,1H3. The van der Waals surface area contributed by atoms with Crippen LogP contribution in [0.1, 0.15) is 17.3 Å². The summed E-state index contributed by atoms with van der Waals surface area (Å²) < 4.78 is 1.66. The van der Waals surface area contributed by atoms with E-state index in [9.17, 15) is 4.79 Å². The van der Waals surface area contributed by atoms with E-state index in [1.54, 1.807) is 42.0 Å². The first kappa shape index (κ1) is 8.90. The van der Waals surface area contributed by atoms with Gasteiger partial charge in [-0.3, -0.25) is 4.79 Å². The molecule has 0 radical (unpaired) electrons. The molecule has 14 heavy (non-hydrogen) atoms. The van der Waals surface area contributed by atoms with Crippen molar-refractivity contribution in [1.29, 1.82) is 0 Å². The molecule has 1 atom stereocenters. The summed E-state index contributed by atoms with van der Waals surface area (Å²) in [7, 11) is 0. The lowest BCUT2D eigenvalue weighted by Crippen LogP contribution is -2.27. The predicted octanol–water partition coefficient (Wildman–Crippen LogP) is 0.864. The zero-order valence-electron chi connectivity index (χ0n) is 7.84. The van der Waals surface area contributed by atoms with Gasteiger partial charge in [-0.25, -0.2) is 4.52 Å². The molecule has 0 saturated carbocycles. The Morgan fingerprint density at radius 1 is 1.57 bits per heavy atom. The topological polar surface area (TPSA) is 60.4 Å². The molecule has 2 N–H and O–H groups in total. The van der Waals surface area contributed by atoms with Crippen LogP contribution in [0.3, 0.4) is 0 Å². The second-order valence-electron chi connectivity index (χ2n) is 3.24. The normalized spacial score (nSPS) is 13.0. The Labute approximate surface area is 81.3 Å². The SMILES string of the molecule is CC(N)C(=O)c1cccn2nccc12. The molecular formula is C10H11N3O. The summed E-state index contributed by atoms with van der Waals surface area (Å²) in [6.07, 6.45) is 3.46. The van der Waals surface area contributed by atoms with Crippen LogP contribution in [-0.4, -0.2) is 21.4 Å². The van der Waals surface area contributed by atoms with E-state index in [4.69, 9.17) is 5.73 Å². The van der Waals surface area contributed by atoms with Crippen LogP contribution in [0.2, 0.25) is 0 Å². The minimum atomic E-state index is -0.476. The molecule has 0 amide bonds. The Bertz CT molecular complexity index is 473. The van der Waals surface area contributed by atoms with E-state index in [2.05, 4.69) is 5.10 Å². The zero-order chi connectivity index (χ0) is 10.1. The van der Waals surface area contributed by atoms with Crippen LogP contribution >= 0.6 is 0 Å². The second-order valence-corrected chi connectivity index (χ2v) is 3.24. The van der Waals surface area contributed by atoms with Crippen molar-refractivity contribution in [1.82, 2.24) is 9.61 Å². The Morgan fingerprint density at radius 2 is 2.36 bits per heavy atom. The molecule has 4 nitrogen and oxygen atoms in total. The molecule has 2 aromatic rings. The van der Waals surface area contributed by atoms with Crippen molar-refractivity contribution >= 4 is 11.3 Å². The highest BCUT2D eigenvalue weighted by Crippen LogP contribution is 2.11. The average molecular weight is 189 g/mol. The quantitative estimate of drug-likeness (QED) is 0.713. The molecule has 1 unspecified atom stereocenters. The van der Waals surface area contributed by atoms with Gasteiger partial charge in [-0.15, -0.1) is 0 Å². The minimum Gasteiger partial charge on any atom is -0.321 e. The Hall–Kier alpha value is -1.68. The summed E-state index contributed by atoms with van der Waals surface area (Å²) in [5, 5.41) is 4.04. The van der Waals surface area contributed by atoms with Gasteiger partial charge in [0.2, 0.25) is 0 Å². The number of rotatable bonds is 2. The van der Waals surface area contributed by atoms with Gasteiger partial charge in [-0.2, -0.15) is 5.10 Å². The number of carbonyl (C=O) groups is 1. The van der Waals surface area contributed by atoms with E-state index in [1.165, 1.54) is 0 Å². The first-order valence-corrected chi connectivity index (χ1v) is 4.42. The number of aromatic nitrogens is 2. The first-order chi connectivity index (χ1) is 6.70. The molecule has 4 heteroatoms. The van der Waals surface area contributed by atoms with Gasteiger partial charge < -0.3 is 5.73 Å². The number of nitrogens with two attached hydrogens (primary N) is 1. The fourth-order valence-electron chi connectivity index (χ4n) is 1.41. The highest BCUT2D eigenvalue weighted by Gasteiger charge is 2.13. The lowest BCUT2D eigenvalue weighted by molar-refractivity contribution is 0.0969. The maximum absolute atomic E-state index is 11.7. The van der Waals surface area contributed by atoms with Crippen molar-refractivity contribution in [2.75, 3.05) is 0 Å². The molecule has 0 fully saturated rings. The molecule has 0 saturated heterocycles. The van der Waals surface area contributed by atoms with Crippen molar-refractivity contribution < 1.29 is 4.79 Å². The smallest absolute Gasteiger partial charge is 0.181 e. The Balaban J connectivity index is 2.62. The monoisotopic (exact) mass is 189 g/mol. The van der Waals surface area contributed by atoms with E-state index in [1.807, 2.05) is 0 Å². The van der Waals surface area contributed by atoms with Crippen LogP contribution in [0.5, 0.6) is 0 Å². The van der Waals surface area contributed by atoms with Gasteiger partial charge in [-0.1, -0.05) is 0 Å². The number of Topliss-reactive ketones (excluding diaryl/α,β-unsaturated/α-hetero) is 1. The van der Waals surface area contributed by atoms with Gasteiger partial charge in [0.05, 0.1) is 17.8 Å². The number of nitrogens with zero attached hydrogens (tertiary/aromatic N) is 2. The fourth-order valence-corrected chi connectivity index (χ4v) is 1.41. The Morgan fingerprint density at radius 3 is 3.07 bits per heavy atom. The number of fused-ring (bicyclic) bond motifs is 1. The van der Waals surface area contributed by atoms with Gasteiger partial charge >= 0.3 is 0 Å². The van der Waals surface area contributed by atoms with E-state index < -0.39 is 6.04 Å². The highest BCUT2D eigenvalue weighted by molar-refractivity contribution is 6.05. The molecule has 0 aliphatic carbocycles. The summed E-state index contributed by atoms with van der Waals surface area (Å²) >= 11 is 0. The third kappa shape index (κ3) is 1.29. The van der Waals surface area contributed by atoms with Crippen LogP contribution < -0.4 is 5.73 Å². The van der Waals surface area contributed by atoms with Crippen LogP contribution in [0, 0.1) is 0 Å². The van der Waals surface area contributed by atoms with Gasteiger partial charge in [0.15, 0.2) is 5.78 Å². The molecule has 0 aliphatic rings. The summed E-state index contributed by atoms with van der Waals surface area (Å²) in [4.78, 5) is 11.7. The molecule has 2 aromatic heterocycles. The van der Waals surface area contributed by atoms with Crippen molar-refractivity contribution in [2.45, 2.75) is 13.0 Å². The van der Waals surface area contributed by atoms with Crippen LogP contribution in [0.25, 0.3) is 5.52 Å². The summed E-state index contributed by atoms with van der Waals surface area (Å²) in [6.45, 7) is 1.68. The van der Waals surface area contributed by atoms with Gasteiger partial charge in [0.25, 0.3) is 0 Å². The average Bonchev–Trinajstić information content (AvgIpc) is 2.63. The number of ketones is 1. The van der Waals surface area contributed by atoms with E-state index in [-0.39, 0.29) is 5.78 Å². The largest absolute Gasteiger partial charge is 0.321 e. The van der Waals surface area contributed by atoms with E-state index in [0.29, 0.717) is 5.56 Å². The number of hydrogen-bond donors (Lipinski definition) is 1. The third-order valence-electron chi connectivity index (χ3n) is 2.12. The summed E-state index contributed by atoms with van der Waals surface area (Å²) in [6, 6.07) is 4.88. The zero-order valence-corrected chi connectivity index (χ0v) is 7.84. The second kappa shape index (κ2) is 3.23. The number of carbonyl (C=O) groups excluding carboxylic acids is 1. The summed E-state index contributed by atoms with van der Waals surface area (Å²) in [5.41, 5.74) is 6.97. The maximum atomic E-state index is 11.7. The molecule has 0 bridgehead atoms. The number of pyridine rings is 1. The Kier molecular flexibility index (Phi) is 2.05. The fraction of sp³-hybridized carbons (Fsp3) is 0.200. The lowest BCUT2D eigenvalue weighted by Gasteiger charge is -2.05. The van der Waals surface area contributed by atoms with E-state index >= 15 is 0 Å². The number of hydrogen-bond acceptors (Lipinski definition) is 3. The minimum absolute atomic E-state index is 0.0592. The highest BCUT2D eigenvalue weighted by atomic mass is 16.1. The molecule has 0 spiro atoms. The molecular weight excluding hydrogens is 178 g/mol. The van der Waals surface area contributed by atoms with Crippen molar-refractivity contribution in [2.24, 2.45) is 5.73 Å². The molecule has 2 heterocycles. The summed E-state index contributed by atoms with van der Waals surface area (Å²) in [5.74, 6) is -0.0592. The van der Waals surface area contributed by atoms with Crippen LogP contribution in [0.4, 0.5) is 0 Å². The van der Waals surface area contributed by atoms with Crippen LogP contribution in [-0.2, 0) is 0 Å².